The molecule has 2 rings (SSSR count). The number of benzene rings is 2. The Balaban J connectivity index is 2.50. The van der Waals surface area contributed by atoms with Gasteiger partial charge in [-0.25, -0.2) is 9.59 Å². The van der Waals surface area contributed by atoms with Crippen molar-refractivity contribution in [1.82, 2.24) is 5.32 Å². The van der Waals surface area contributed by atoms with Gasteiger partial charge in [0.05, 0.1) is 7.11 Å². The van der Waals surface area contributed by atoms with Crippen LogP contribution in [-0.2, 0) is 14.3 Å². The van der Waals surface area contributed by atoms with Crippen LogP contribution in [0.2, 0.25) is 0 Å². The Kier molecular flexibility index (Phi) is 5.47. The molecule has 0 radical (unpaired) electrons. The van der Waals surface area contributed by atoms with Gasteiger partial charge in [-0.2, -0.15) is 0 Å². The summed E-state index contributed by atoms with van der Waals surface area (Å²) in [5.74, 6) is -0.628. The van der Waals surface area contributed by atoms with Crippen LogP contribution in [0.15, 0.2) is 48.2 Å². The van der Waals surface area contributed by atoms with Gasteiger partial charge in [-0.15, -0.1) is 0 Å². The lowest BCUT2D eigenvalue weighted by Gasteiger charge is -2.21. The van der Waals surface area contributed by atoms with Crippen molar-refractivity contribution in [2.75, 3.05) is 7.11 Å². The number of amides is 1. The lowest BCUT2D eigenvalue weighted by Crippen LogP contribution is -2.35. The summed E-state index contributed by atoms with van der Waals surface area (Å²) in [4.78, 5) is 24.3. The van der Waals surface area contributed by atoms with E-state index >= 15 is 0 Å². The third-order valence-corrected chi connectivity index (χ3v) is 3.58. The zero-order valence-electron chi connectivity index (χ0n) is 15.2. The molecule has 0 saturated heterocycles. The van der Waals surface area contributed by atoms with Crippen LogP contribution in [0.25, 0.3) is 16.3 Å². The van der Waals surface area contributed by atoms with E-state index in [-0.39, 0.29) is 5.70 Å². The lowest BCUT2D eigenvalue weighted by atomic mass is 9.98. The van der Waals surface area contributed by atoms with Crippen molar-refractivity contribution >= 4 is 28.4 Å². The van der Waals surface area contributed by atoms with Crippen molar-refractivity contribution in [3.63, 3.8) is 0 Å². The molecule has 0 fully saturated rings. The molecule has 0 aliphatic heterocycles. The number of carbonyl (C=O) groups excluding carboxylic acids is 2. The van der Waals surface area contributed by atoms with Gasteiger partial charge in [0.25, 0.3) is 0 Å². The maximum Gasteiger partial charge on any atom is 0.412 e. The van der Waals surface area contributed by atoms with Crippen LogP contribution in [-0.4, -0.2) is 24.8 Å². The van der Waals surface area contributed by atoms with Crippen molar-refractivity contribution in [2.45, 2.75) is 33.3 Å². The van der Waals surface area contributed by atoms with E-state index in [1.165, 1.54) is 7.11 Å². The summed E-state index contributed by atoms with van der Waals surface area (Å²) in [6.45, 7) is 7.04. The summed E-state index contributed by atoms with van der Waals surface area (Å²) < 4.78 is 10.1. The zero-order chi connectivity index (χ0) is 18.6. The number of carbonyl (C=O) groups is 2. The summed E-state index contributed by atoms with van der Waals surface area (Å²) >= 11 is 0. The Morgan fingerprint density at radius 3 is 2.28 bits per heavy atom. The van der Waals surface area contributed by atoms with Crippen molar-refractivity contribution < 1.29 is 19.1 Å². The number of methoxy groups -OCH3 is 1. The van der Waals surface area contributed by atoms with Gasteiger partial charge in [0.2, 0.25) is 0 Å². The lowest BCUT2D eigenvalue weighted by molar-refractivity contribution is -0.136. The topological polar surface area (TPSA) is 64.6 Å². The van der Waals surface area contributed by atoms with E-state index in [2.05, 4.69) is 5.32 Å². The second-order valence-electron chi connectivity index (χ2n) is 6.65. The molecule has 0 bridgehead atoms. The van der Waals surface area contributed by atoms with Crippen LogP contribution >= 0.6 is 0 Å². The minimum atomic E-state index is -0.701. The Hall–Kier alpha value is -2.82. The number of fused-ring (bicyclic) bond motifs is 1. The van der Waals surface area contributed by atoms with E-state index in [0.29, 0.717) is 5.57 Å². The number of alkyl carbamates (subject to hydrolysis) is 1. The van der Waals surface area contributed by atoms with Crippen molar-refractivity contribution in [3.05, 3.63) is 53.7 Å². The molecular weight excluding hydrogens is 318 g/mol. The Morgan fingerprint density at radius 2 is 1.64 bits per heavy atom. The molecule has 2 aromatic carbocycles. The third kappa shape index (κ3) is 4.59. The smallest absolute Gasteiger partial charge is 0.412 e. The number of hydrogen-bond donors (Lipinski definition) is 1. The van der Waals surface area contributed by atoms with Gasteiger partial charge in [-0.3, -0.25) is 5.32 Å². The second-order valence-corrected chi connectivity index (χ2v) is 6.65. The molecule has 2 aromatic rings. The summed E-state index contributed by atoms with van der Waals surface area (Å²) in [6, 6.07) is 13.6. The van der Waals surface area contributed by atoms with Gasteiger partial charge in [-0.1, -0.05) is 42.5 Å². The molecule has 0 aromatic heterocycles. The Labute approximate surface area is 147 Å². The third-order valence-electron chi connectivity index (χ3n) is 3.58. The van der Waals surface area contributed by atoms with E-state index < -0.39 is 17.7 Å². The SMILES string of the molecule is COC(=O)/C(NC(=O)OC(C)(C)C)=C(\C)c1cccc2ccccc12. The highest BCUT2D eigenvalue weighted by atomic mass is 16.6. The quantitative estimate of drug-likeness (QED) is 0.669. The number of allylic oxidation sites excluding steroid dienone is 1. The van der Waals surface area contributed by atoms with Crippen LogP contribution in [0.5, 0.6) is 0 Å². The monoisotopic (exact) mass is 341 g/mol. The standard InChI is InChI=1S/C20H23NO4/c1-13(15-12-8-10-14-9-6-7-11-16(14)15)17(18(22)24-5)21-19(23)25-20(2,3)4/h6-12H,1-5H3,(H,21,23)/b17-13-. The number of rotatable bonds is 3. The molecule has 0 aliphatic rings. The van der Waals surface area contributed by atoms with Crippen LogP contribution in [0.3, 0.4) is 0 Å². The van der Waals surface area contributed by atoms with Crippen LogP contribution in [0.1, 0.15) is 33.3 Å². The minimum Gasteiger partial charge on any atom is -0.464 e. The van der Waals surface area contributed by atoms with Crippen molar-refractivity contribution in [2.24, 2.45) is 0 Å². The average Bonchev–Trinajstić information content (AvgIpc) is 2.56. The van der Waals surface area contributed by atoms with E-state index in [4.69, 9.17) is 9.47 Å². The summed E-state index contributed by atoms with van der Waals surface area (Å²) in [5, 5.41) is 4.55. The van der Waals surface area contributed by atoms with E-state index in [1.54, 1.807) is 27.7 Å². The van der Waals surface area contributed by atoms with Crippen LogP contribution in [0.4, 0.5) is 4.79 Å². The van der Waals surface area contributed by atoms with Crippen LogP contribution in [0, 0.1) is 0 Å². The molecule has 0 atom stereocenters. The molecule has 1 N–H and O–H groups in total. The van der Waals surface area contributed by atoms with Crippen molar-refractivity contribution in [1.29, 1.82) is 0 Å². The molecule has 0 aliphatic carbocycles. The fourth-order valence-corrected chi connectivity index (χ4v) is 2.49. The molecular formula is C20H23NO4. The molecule has 0 unspecified atom stereocenters. The first-order valence-electron chi connectivity index (χ1n) is 8.00. The van der Waals surface area contributed by atoms with E-state index in [9.17, 15) is 9.59 Å². The zero-order valence-corrected chi connectivity index (χ0v) is 15.2. The number of esters is 1. The Bertz CT molecular complexity index is 826. The molecule has 25 heavy (non-hydrogen) atoms. The second kappa shape index (κ2) is 7.38. The first-order chi connectivity index (χ1) is 11.7. The maximum absolute atomic E-state index is 12.2. The highest BCUT2D eigenvalue weighted by Gasteiger charge is 2.22. The molecule has 132 valence electrons. The highest BCUT2D eigenvalue weighted by molar-refractivity contribution is 6.04. The van der Waals surface area contributed by atoms with Crippen LogP contribution < -0.4 is 5.32 Å². The summed E-state index contributed by atoms with van der Waals surface area (Å²) in [6.07, 6.45) is -0.701. The summed E-state index contributed by atoms with van der Waals surface area (Å²) in [7, 11) is 1.27. The molecule has 0 spiro atoms. The predicted molar refractivity (Wildman–Crippen MR) is 97.9 cm³/mol. The van der Waals surface area contributed by atoms with Gasteiger partial charge in [0.15, 0.2) is 0 Å². The fraction of sp³-hybridized carbons (Fsp3) is 0.300. The fourth-order valence-electron chi connectivity index (χ4n) is 2.49. The molecule has 1 amide bonds. The largest absolute Gasteiger partial charge is 0.464 e. The predicted octanol–water partition coefficient (Wildman–Crippen LogP) is 4.27. The first kappa shape index (κ1) is 18.5. The number of hydrogen-bond acceptors (Lipinski definition) is 4. The van der Waals surface area contributed by atoms with Crippen molar-refractivity contribution in [3.8, 4) is 0 Å². The van der Waals surface area contributed by atoms with Gasteiger partial charge in [-0.05, 0) is 49.6 Å². The summed E-state index contributed by atoms with van der Waals surface area (Å²) in [5.41, 5.74) is 0.843. The van der Waals surface area contributed by atoms with Gasteiger partial charge in [0, 0.05) is 0 Å². The maximum atomic E-state index is 12.2. The molecule has 0 heterocycles. The number of ether oxygens (including phenoxy) is 2. The minimum absolute atomic E-state index is 0.0631. The molecule has 5 nitrogen and oxygen atoms in total. The average molecular weight is 341 g/mol. The number of nitrogens with one attached hydrogen (secondary N) is 1. The van der Waals surface area contributed by atoms with Gasteiger partial charge in [0.1, 0.15) is 11.3 Å². The molecule has 5 heteroatoms. The Morgan fingerprint density at radius 1 is 1.00 bits per heavy atom. The van der Waals surface area contributed by atoms with E-state index in [0.717, 1.165) is 16.3 Å². The van der Waals surface area contributed by atoms with E-state index in [1.807, 2.05) is 42.5 Å². The van der Waals surface area contributed by atoms with Gasteiger partial charge < -0.3 is 9.47 Å². The first-order valence-corrected chi connectivity index (χ1v) is 8.00. The normalized spacial score (nSPS) is 12.4. The highest BCUT2D eigenvalue weighted by Crippen LogP contribution is 2.27. The van der Waals surface area contributed by atoms with Gasteiger partial charge >= 0.3 is 12.1 Å². The molecule has 0 saturated carbocycles.